The van der Waals surface area contributed by atoms with Crippen molar-refractivity contribution in [1.29, 1.82) is 0 Å². The molecule has 1 aliphatic heterocycles. The second kappa shape index (κ2) is 7.61. The number of rotatable bonds is 5. The molecule has 0 amide bonds. The van der Waals surface area contributed by atoms with Crippen molar-refractivity contribution < 1.29 is 23.0 Å². The summed E-state index contributed by atoms with van der Waals surface area (Å²) >= 11 is 0. The van der Waals surface area contributed by atoms with E-state index in [1.807, 2.05) is 6.07 Å². The molecule has 8 heteroatoms. The molecule has 2 aromatic rings. The van der Waals surface area contributed by atoms with Crippen molar-refractivity contribution in [3.8, 4) is 5.75 Å². The molecule has 140 valence electrons. The smallest absolute Gasteiger partial charge is 0.274 e. The number of quaternary nitrogens is 1. The van der Waals surface area contributed by atoms with Crippen molar-refractivity contribution in [3.05, 3.63) is 47.7 Å². The molecule has 1 aliphatic rings. The number of nitrogens with two attached hydrogens (primary N) is 1. The van der Waals surface area contributed by atoms with E-state index in [9.17, 15) is 8.42 Å². The summed E-state index contributed by atoms with van der Waals surface area (Å²) < 4.78 is 28.2. The number of benzene rings is 1. The van der Waals surface area contributed by atoms with Gasteiger partial charge in [0, 0.05) is 11.6 Å². The first kappa shape index (κ1) is 18.6. The molecule has 7 nitrogen and oxygen atoms in total. The summed E-state index contributed by atoms with van der Waals surface area (Å²) in [5.41, 5.74) is 2.48. The van der Waals surface area contributed by atoms with Crippen molar-refractivity contribution in [2.24, 2.45) is 5.14 Å². The SMILES string of the molecule is COc1ccc(C)cc1C[NH+]1CCN(c2ccc(S(N)(=O)=O)c[nH+]2)CC1. The van der Waals surface area contributed by atoms with E-state index >= 15 is 0 Å². The van der Waals surface area contributed by atoms with Gasteiger partial charge >= 0.3 is 0 Å². The summed E-state index contributed by atoms with van der Waals surface area (Å²) in [6, 6.07) is 9.60. The number of primary sulfonamides is 1. The van der Waals surface area contributed by atoms with Crippen LogP contribution in [0.4, 0.5) is 5.82 Å². The van der Waals surface area contributed by atoms with Crippen molar-refractivity contribution >= 4 is 15.8 Å². The summed E-state index contributed by atoms with van der Waals surface area (Å²) in [5, 5.41) is 5.14. The predicted octanol–water partition coefficient (Wildman–Crippen LogP) is -0.630. The number of aromatic nitrogens is 1. The van der Waals surface area contributed by atoms with E-state index in [2.05, 4.69) is 28.9 Å². The maximum atomic E-state index is 11.3. The van der Waals surface area contributed by atoms with Gasteiger partial charge in [-0.15, -0.1) is 0 Å². The molecule has 0 saturated carbocycles. The van der Waals surface area contributed by atoms with Gasteiger partial charge in [-0.05, 0) is 25.1 Å². The summed E-state index contributed by atoms with van der Waals surface area (Å²) in [6.45, 7) is 6.83. The second-order valence-corrected chi connectivity index (χ2v) is 8.25. The van der Waals surface area contributed by atoms with Gasteiger partial charge in [-0.3, -0.25) is 4.90 Å². The fourth-order valence-electron chi connectivity index (χ4n) is 3.33. The molecular weight excluding hydrogens is 352 g/mol. The van der Waals surface area contributed by atoms with E-state index in [-0.39, 0.29) is 4.90 Å². The molecule has 0 atom stereocenters. The van der Waals surface area contributed by atoms with Crippen LogP contribution in [0.5, 0.6) is 5.75 Å². The number of hydrogen-bond donors (Lipinski definition) is 2. The minimum Gasteiger partial charge on any atom is -0.496 e. The number of pyridine rings is 1. The fraction of sp³-hybridized carbons (Fsp3) is 0.389. The Balaban J connectivity index is 1.62. The van der Waals surface area contributed by atoms with E-state index in [1.165, 1.54) is 28.3 Å². The molecule has 0 spiro atoms. The van der Waals surface area contributed by atoms with Crippen LogP contribution in [0, 0.1) is 6.92 Å². The third kappa shape index (κ3) is 4.32. The molecule has 0 unspecified atom stereocenters. The van der Waals surface area contributed by atoms with Crippen LogP contribution < -0.4 is 24.7 Å². The number of hydrogen-bond acceptors (Lipinski definition) is 4. The Morgan fingerprint density at radius 1 is 1.23 bits per heavy atom. The highest BCUT2D eigenvalue weighted by molar-refractivity contribution is 7.89. The lowest BCUT2D eigenvalue weighted by molar-refractivity contribution is -0.914. The normalized spacial score (nSPS) is 15.9. The monoisotopic (exact) mass is 378 g/mol. The van der Waals surface area contributed by atoms with Crippen LogP contribution in [0.15, 0.2) is 41.4 Å². The Kier molecular flexibility index (Phi) is 5.45. The van der Waals surface area contributed by atoms with E-state index in [4.69, 9.17) is 9.88 Å². The van der Waals surface area contributed by atoms with Crippen LogP contribution in [-0.4, -0.2) is 41.7 Å². The fourth-order valence-corrected chi connectivity index (χ4v) is 3.81. The Morgan fingerprint density at radius 3 is 2.54 bits per heavy atom. The van der Waals surface area contributed by atoms with Gasteiger partial charge in [-0.25, -0.2) is 18.5 Å². The number of ether oxygens (including phenoxy) is 1. The third-order valence-corrected chi connectivity index (χ3v) is 5.69. The van der Waals surface area contributed by atoms with Gasteiger partial charge < -0.3 is 9.64 Å². The average Bonchev–Trinajstić information content (AvgIpc) is 2.62. The molecule has 4 N–H and O–H groups in total. The van der Waals surface area contributed by atoms with Crippen molar-refractivity contribution in [2.75, 3.05) is 38.2 Å². The number of piperazine rings is 1. The van der Waals surface area contributed by atoms with Crippen LogP contribution in [0.2, 0.25) is 0 Å². The molecule has 26 heavy (non-hydrogen) atoms. The van der Waals surface area contributed by atoms with Crippen LogP contribution in [-0.2, 0) is 16.6 Å². The first-order valence-corrected chi connectivity index (χ1v) is 10.2. The Bertz CT molecular complexity index is 861. The van der Waals surface area contributed by atoms with E-state index in [0.29, 0.717) is 0 Å². The number of aryl methyl sites for hydroxylation is 1. The lowest BCUT2D eigenvalue weighted by atomic mass is 10.1. The highest BCUT2D eigenvalue weighted by atomic mass is 32.2. The van der Waals surface area contributed by atoms with Gasteiger partial charge in [-0.2, -0.15) is 0 Å². The van der Waals surface area contributed by atoms with E-state index in [1.54, 1.807) is 13.2 Å². The summed E-state index contributed by atoms with van der Waals surface area (Å²) in [5.74, 6) is 1.85. The molecular formula is C18H26N4O3S+2. The highest BCUT2D eigenvalue weighted by Crippen LogP contribution is 2.18. The molecule has 1 aromatic heterocycles. The minimum atomic E-state index is -3.67. The number of nitrogens with zero attached hydrogens (tertiary/aromatic N) is 1. The quantitative estimate of drug-likeness (QED) is 0.725. The lowest BCUT2D eigenvalue weighted by Gasteiger charge is -2.28. The standard InChI is InChI=1S/C18H24N4O3S/c1-14-3-5-17(25-2)15(11-14)13-21-7-9-22(10-8-21)18-6-4-16(12-20-18)26(19,23)24/h3-6,11-12H,7-10,13H2,1-2H3,(H2,19,23,24)/p+2. The molecule has 0 radical (unpaired) electrons. The Hall–Kier alpha value is -2.16. The number of methoxy groups -OCH3 is 1. The maximum absolute atomic E-state index is 11.3. The zero-order valence-electron chi connectivity index (χ0n) is 15.2. The number of nitrogens with one attached hydrogen (secondary N) is 2. The third-order valence-electron chi connectivity index (χ3n) is 4.78. The Labute approximate surface area is 154 Å². The van der Waals surface area contributed by atoms with Crippen molar-refractivity contribution in [3.63, 3.8) is 0 Å². The first-order chi connectivity index (χ1) is 12.4. The minimum absolute atomic E-state index is 0.0945. The van der Waals surface area contributed by atoms with Gasteiger partial charge in [-0.1, -0.05) is 11.6 Å². The number of anilines is 1. The van der Waals surface area contributed by atoms with Crippen LogP contribution in [0.25, 0.3) is 0 Å². The van der Waals surface area contributed by atoms with Crippen LogP contribution in [0.3, 0.4) is 0 Å². The predicted molar refractivity (Wildman–Crippen MR) is 98.7 cm³/mol. The lowest BCUT2D eigenvalue weighted by Crippen LogP contribution is -3.13. The number of sulfonamides is 1. The number of H-pyrrole nitrogens is 1. The first-order valence-electron chi connectivity index (χ1n) is 8.63. The Morgan fingerprint density at radius 2 is 1.96 bits per heavy atom. The second-order valence-electron chi connectivity index (χ2n) is 6.68. The summed E-state index contributed by atoms with van der Waals surface area (Å²) in [4.78, 5) is 6.87. The largest absolute Gasteiger partial charge is 0.496 e. The summed E-state index contributed by atoms with van der Waals surface area (Å²) in [6.07, 6.45) is 1.45. The average molecular weight is 378 g/mol. The molecule has 2 heterocycles. The van der Waals surface area contributed by atoms with Gasteiger partial charge in [0.15, 0.2) is 0 Å². The van der Waals surface area contributed by atoms with Gasteiger partial charge in [0.1, 0.15) is 49.6 Å². The topological polar surface area (TPSA) is 91.2 Å². The van der Waals surface area contributed by atoms with Crippen LogP contribution in [0.1, 0.15) is 11.1 Å². The molecule has 0 aliphatic carbocycles. The van der Waals surface area contributed by atoms with Gasteiger partial charge in [0.25, 0.3) is 5.82 Å². The molecule has 1 aromatic carbocycles. The van der Waals surface area contributed by atoms with Crippen LogP contribution >= 0.6 is 0 Å². The zero-order chi connectivity index (χ0) is 18.7. The van der Waals surface area contributed by atoms with E-state index in [0.717, 1.165) is 44.3 Å². The van der Waals surface area contributed by atoms with Gasteiger partial charge in [0.2, 0.25) is 10.0 Å². The maximum Gasteiger partial charge on any atom is 0.274 e. The molecule has 0 bridgehead atoms. The molecule has 3 rings (SSSR count). The van der Waals surface area contributed by atoms with Crippen molar-refractivity contribution in [1.82, 2.24) is 0 Å². The summed E-state index contributed by atoms with van der Waals surface area (Å²) in [7, 11) is -1.96. The number of aromatic amines is 1. The van der Waals surface area contributed by atoms with Gasteiger partial charge in [0.05, 0.1) is 7.11 Å². The molecule has 1 fully saturated rings. The zero-order valence-corrected chi connectivity index (χ0v) is 16.0. The highest BCUT2D eigenvalue weighted by Gasteiger charge is 2.27. The molecule has 1 saturated heterocycles. The van der Waals surface area contributed by atoms with Crippen molar-refractivity contribution in [2.45, 2.75) is 18.4 Å². The van der Waals surface area contributed by atoms with E-state index < -0.39 is 10.0 Å².